The SMILES string of the molecule is CC1CNCCN1CCC(F)(F)F.Cl.Cl. The zero-order valence-electron chi connectivity index (χ0n) is 8.51. The van der Waals surface area contributed by atoms with Gasteiger partial charge in [0.05, 0.1) is 6.42 Å². The molecule has 0 saturated carbocycles. The molecule has 0 bridgehead atoms. The normalized spacial score (nSPS) is 22.8. The van der Waals surface area contributed by atoms with Crippen LogP contribution in [0.3, 0.4) is 0 Å². The van der Waals surface area contributed by atoms with Crippen LogP contribution in [0.2, 0.25) is 0 Å². The fourth-order valence-corrected chi connectivity index (χ4v) is 1.49. The molecule has 1 unspecified atom stereocenters. The molecule has 1 rings (SSSR count). The molecular weight excluding hydrogens is 252 g/mol. The Balaban J connectivity index is 0. The number of piperazine rings is 1. The smallest absolute Gasteiger partial charge is 0.314 e. The molecule has 15 heavy (non-hydrogen) atoms. The lowest BCUT2D eigenvalue weighted by Crippen LogP contribution is -2.50. The van der Waals surface area contributed by atoms with E-state index >= 15 is 0 Å². The summed E-state index contributed by atoms with van der Waals surface area (Å²) < 4.78 is 35.7. The highest BCUT2D eigenvalue weighted by molar-refractivity contribution is 5.85. The monoisotopic (exact) mass is 268 g/mol. The van der Waals surface area contributed by atoms with E-state index in [0.29, 0.717) is 0 Å². The molecule has 1 fully saturated rings. The van der Waals surface area contributed by atoms with Crippen LogP contribution in [0.5, 0.6) is 0 Å². The maximum atomic E-state index is 11.9. The minimum absolute atomic E-state index is 0. The largest absolute Gasteiger partial charge is 0.390 e. The van der Waals surface area contributed by atoms with Crippen LogP contribution in [-0.2, 0) is 0 Å². The van der Waals surface area contributed by atoms with Gasteiger partial charge in [0.2, 0.25) is 0 Å². The van der Waals surface area contributed by atoms with Gasteiger partial charge >= 0.3 is 6.18 Å². The van der Waals surface area contributed by atoms with Gasteiger partial charge in [-0.1, -0.05) is 0 Å². The van der Waals surface area contributed by atoms with E-state index in [0.717, 1.165) is 19.6 Å². The van der Waals surface area contributed by atoms with Gasteiger partial charge in [-0.2, -0.15) is 13.2 Å². The number of halogens is 5. The Morgan fingerprint density at radius 1 is 1.33 bits per heavy atom. The molecule has 1 aliphatic heterocycles. The average Bonchev–Trinajstić information content (AvgIpc) is 2.01. The molecule has 0 aromatic rings. The van der Waals surface area contributed by atoms with Gasteiger partial charge in [-0.15, -0.1) is 24.8 Å². The maximum absolute atomic E-state index is 11.9. The first-order valence-corrected chi connectivity index (χ1v) is 4.50. The quantitative estimate of drug-likeness (QED) is 0.825. The van der Waals surface area contributed by atoms with Crippen LogP contribution in [0.1, 0.15) is 13.3 Å². The van der Waals surface area contributed by atoms with Crippen LogP contribution >= 0.6 is 24.8 Å². The average molecular weight is 269 g/mol. The van der Waals surface area contributed by atoms with E-state index in [1.807, 2.05) is 11.8 Å². The van der Waals surface area contributed by atoms with Crippen molar-refractivity contribution in [1.82, 2.24) is 10.2 Å². The molecule has 0 aromatic carbocycles. The van der Waals surface area contributed by atoms with E-state index < -0.39 is 12.6 Å². The molecule has 2 nitrogen and oxygen atoms in total. The molecule has 1 atom stereocenters. The first kappa shape index (κ1) is 17.7. The van der Waals surface area contributed by atoms with Gasteiger partial charge in [0, 0.05) is 32.2 Å². The van der Waals surface area contributed by atoms with Crippen LogP contribution in [0.4, 0.5) is 13.2 Å². The molecule has 1 N–H and O–H groups in total. The minimum atomic E-state index is -4.02. The van der Waals surface area contributed by atoms with Gasteiger partial charge in [-0.3, -0.25) is 4.90 Å². The number of nitrogens with zero attached hydrogens (tertiary/aromatic N) is 1. The molecular formula is C8H17Cl2F3N2. The molecule has 0 radical (unpaired) electrons. The molecule has 0 aromatic heterocycles. The van der Waals surface area contributed by atoms with Crippen molar-refractivity contribution in [2.75, 3.05) is 26.2 Å². The lowest BCUT2D eigenvalue weighted by molar-refractivity contribution is -0.139. The summed E-state index contributed by atoms with van der Waals surface area (Å²) in [5, 5.41) is 3.14. The molecule has 0 aliphatic carbocycles. The predicted molar refractivity (Wildman–Crippen MR) is 59.1 cm³/mol. The number of nitrogens with one attached hydrogen (secondary N) is 1. The van der Waals surface area contributed by atoms with Crippen LogP contribution in [0.15, 0.2) is 0 Å². The fourth-order valence-electron chi connectivity index (χ4n) is 1.49. The summed E-state index contributed by atoms with van der Waals surface area (Å²) in [6, 6.07) is 0.219. The van der Waals surface area contributed by atoms with Gasteiger partial charge < -0.3 is 5.32 Å². The number of hydrogen-bond donors (Lipinski definition) is 1. The van der Waals surface area contributed by atoms with Gasteiger partial charge in [0.15, 0.2) is 0 Å². The molecule has 94 valence electrons. The summed E-state index contributed by atoms with van der Waals surface area (Å²) in [4.78, 5) is 1.88. The third kappa shape index (κ3) is 7.22. The van der Waals surface area contributed by atoms with E-state index in [2.05, 4.69) is 5.32 Å². The maximum Gasteiger partial charge on any atom is 0.390 e. The summed E-state index contributed by atoms with van der Waals surface area (Å²) >= 11 is 0. The Bertz CT molecular complexity index is 166. The highest BCUT2D eigenvalue weighted by Crippen LogP contribution is 2.20. The molecule has 0 amide bonds. The second-order valence-corrected chi connectivity index (χ2v) is 3.45. The number of hydrogen-bond acceptors (Lipinski definition) is 2. The number of alkyl halides is 3. The molecule has 1 aliphatic rings. The van der Waals surface area contributed by atoms with Crippen molar-refractivity contribution in [3.05, 3.63) is 0 Å². The lowest BCUT2D eigenvalue weighted by atomic mass is 10.2. The third-order valence-electron chi connectivity index (χ3n) is 2.32. The van der Waals surface area contributed by atoms with Crippen molar-refractivity contribution < 1.29 is 13.2 Å². The summed E-state index contributed by atoms with van der Waals surface area (Å²) in [5.41, 5.74) is 0. The van der Waals surface area contributed by atoms with Crippen molar-refractivity contribution in [2.24, 2.45) is 0 Å². The molecule has 1 saturated heterocycles. The van der Waals surface area contributed by atoms with Crippen molar-refractivity contribution in [2.45, 2.75) is 25.6 Å². The van der Waals surface area contributed by atoms with Crippen molar-refractivity contribution in [3.63, 3.8) is 0 Å². The van der Waals surface area contributed by atoms with Gasteiger partial charge in [0.1, 0.15) is 0 Å². The Hall–Kier alpha value is 0.290. The van der Waals surface area contributed by atoms with Gasteiger partial charge in [-0.25, -0.2) is 0 Å². The summed E-state index contributed by atoms with van der Waals surface area (Å²) in [6.07, 6.45) is -4.72. The highest BCUT2D eigenvalue weighted by atomic mass is 35.5. The van der Waals surface area contributed by atoms with Crippen LogP contribution < -0.4 is 5.32 Å². The summed E-state index contributed by atoms with van der Waals surface area (Å²) in [6.45, 7) is 4.38. The van der Waals surface area contributed by atoms with E-state index in [9.17, 15) is 13.2 Å². The Labute approximate surface area is 100 Å². The zero-order valence-corrected chi connectivity index (χ0v) is 10.1. The minimum Gasteiger partial charge on any atom is -0.314 e. The summed E-state index contributed by atoms with van der Waals surface area (Å²) in [5.74, 6) is 0. The van der Waals surface area contributed by atoms with Crippen molar-refractivity contribution >= 4 is 24.8 Å². The Morgan fingerprint density at radius 2 is 1.93 bits per heavy atom. The van der Waals surface area contributed by atoms with E-state index in [1.54, 1.807) is 0 Å². The Kier molecular flexibility index (Phi) is 8.89. The van der Waals surface area contributed by atoms with E-state index in [-0.39, 0.29) is 37.4 Å². The van der Waals surface area contributed by atoms with Crippen LogP contribution in [-0.4, -0.2) is 43.3 Å². The first-order chi connectivity index (χ1) is 5.99. The van der Waals surface area contributed by atoms with Crippen molar-refractivity contribution in [1.29, 1.82) is 0 Å². The second kappa shape index (κ2) is 7.54. The standard InChI is InChI=1S/C8H15F3N2.2ClH/c1-7-6-12-3-5-13(7)4-2-8(9,10)11;;/h7,12H,2-6H2,1H3;2*1H. The zero-order chi connectivity index (χ0) is 9.90. The number of rotatable bonds is 2. The Morgan fingerprint density at radius 3 is 2.40 bits per heavy atom. The van der Waals surface area contributed by atoms with E-state index in [4.69, 9.17) is 0 Å². The van der Waals surface area contributed by atoms with Crippen LogP contribution in [0, 0.1) is 0 Å². The molecule has 1 heterocycles. The van der Waals surface area contributed by atoms with Gasteiger partial charge in [-0.05, 0) is 6.92 Å². The first-order valence-electron chi connectivity index (χ1n) is 4.50. The third-order valence-corrected chi connectivity index (χ3v) is 2.32. The van der Waals surface area contributed by atoms with Crippen LogP contribution in [0.25, 0.3) is 0 Å². The second-order valence-electron chi connectivity index (χ2n) is 3.45. The summed E-state index contributed by atoms with van der Waals surface area (Å²) in [7, 11) is 0. The van der Waals surface area contributed by atoms with Gasteiger partial charge in [0.25, 0.3) is 0 Å². The predicted octanol–water partition coefficient (Wildman–Crippen LogP) is 2.08. The highest BCUT2D eigenvalue weighted by Gasteiger charge is 2.29. The molecule has 7 heteroatoms. The van der Waals surface area contributed by atoms with E-state index in [1.165, 1.54) is 0 Å². The fraction of sp³-hybridized carbons (Fsp3) is 1.00. The topological polar surface area (TPSA) is 15.3 Å². The molecule has 0 spiro atoms. The van der Waals surface area contributed by atoms with Crippen molar-refractivity contribution in [3.8, 4) is 0 Å². The lowest BCUT2D eigenvalue weighted by Gasteiger charge is -2.33.